The maximum atomic E-state index is 11.6. The summed E-state index contributed by atoms with van der Waals surface area (Å²) in [5.41, 5.74) is 4.98. The Labute approximate surface area is 155 Å². The first-order valence-electron chi connectivity index (χ1n) is 9.24. The molecule has 1 fully saturated rings. The number of fused-ring (bicyclic) bond motifs is 1. The van der Waals surface area contributed by atoms with Gasteiger partial charge in [0.25, 0.3) is 0 Å². The maximum absolute atomic E-state index is 11.6. The maximum Gasteiger partial charge on any atom is 0.175 e. The number of sulfone groups is 1. The SMILES string of the molecule is CS(=O)(=O)c1ccc(-c2ccc3c(c2)CCC(N2CCC(O)C2)C3)cc1. The van der Waals surface area contributed by atoms with Crippen LogP contribution < -0.4 is 0 Å². The zero-order valence-electron chi connectivity index (χ0n) is 15.1. The molecule has 2 atom stereocenters. The normalized spacial score (nSPS) is 23.8. The van der Waals surface area contributed by atoms with Gasteiger partial charge in [-0.05, 0) is 60.1 Å². The van der Waals surface area contributed by atoms with Gasteiger partial charge in [0.05, 0.1) is 11.0 Å². The molecule has 0 radical (unpaired) electrons. The summed E-state index contributed by atoms with van der Waals surface area (Å²) >= 11 is 0. The van der Waals surface area contributed by atoms with E-state index in [0.29, 0.717) is 10.9 Å². The number of hydrogen-bond acceptors (Lipinski definition) is 4. The van der Waals surface area contributed by atoms with Crippen molar-refractivity contribution in [1.82, 2.24) is 4.90 Å². The smallest absolute Gasteiger partial charge is 0.175 e. The van der Waals surface area contributed by atoms with Crippen molar-refractivity contribution in [1.29, 1.82) is 0 Å². The average molecular weight is 372 g/mol. The summed E-state index contributed by atoms with van der Waals surface area (Å²) < 4.78 is 23.2. The Morgan fingerprint density at radius 2 is 1.73 bits per heavy atom. The third-order valence-corrected chi connectivity index (χ3v) is 6.86. The second-order valence-corrected chi connectivity index (χ2v) is 9.63. The fourth-order valence-electron chi connectivity index (χ4n) is 4.22. The lowest BCUT2D eigenvalue weighted by atomic mass is 9.85. The number of nitrogens with zero attached hydrogens (tertiary/aromatic N) is 1. The predicted molar refractivity (Wildman–Crippen MR) is 103 cm³/mol. The molecule has 2 unspecified atom stereocenters. The highest BCUT2D eigenvalue weighted by Gasteiger charge is 2.29. The van der Waals surface area contributed by atoms with Gasteiger partial charge >= 0.3 is 0 Å². The van der Waals surface area contributed by atoms with E-state index in [1.54, 1.807) is 12.1 Å². The lowest BCUT2D eigenvalue weighted by molar-refractivity contribution is 0.153. The summed E-state index contributed by atoms with van der Waals surface area (Å²) in [6.07, 6.45) is 5.21. The lowest BCUT2D eigenvalue weighted by Gasteiger charge is -2.32. The zero-order valence-corrected chi connectivity index (χ0v) is 15.9. The molecule has 0 amide bonds. The summed E-state index contributed by atoms with van der Waals surface area (Å²) in [5, 5.41) is 9.78. The van der Waals surface area contributed by atoms with Crippen LogP contribution in [0.4, 0.5) is 0 Å². The molecule has 1 heterocycles. The van der Waals surface area contributed by atoms with Crippen LogP contribution in [0.25, 0.3) is 11.1 Å². The fraction of sp³-hybridized carbons (Fsp3) is 0.429. The first-order chi connectivity index (χ1) is 12.4. The molecule has 2 aliphatic rings. The summed E-state index contributed by atoms with van der Waals surface area (Å²) in [6, 6.07) is 14.3. The van der Waals surface area contributed by atoms with Gasteiger partial charge in [-0.25, -0.2) is 8.42 Å². The second kappa shape index (κ2) is 6.80. The van der Waals surface area contributed by atoms with Crippen LogP contribution in [0.3, 0.4) is 0 Å². The number of aliphatic hydroxyl groups is 1. The molecule has 4 nitrogen and oxygen atoms in total. The molecule has 0 saturated carbocycles. The standard InChI is InChI=1S/C21H25NO3S/c1-26(24,25)21-8-5-15(6-9-21)16-2-3-18-13-19(7-4-17(18)12-16)22-11-10-20(23)14-22/h2-3,5-6,8-9,12,19-20,23H,4,7,10-11,13-14H2,1H3. The van der Waals surface area contributed by atoms with Crippen molar-refractivity contribution in [3.05, 3.63) is 53.6 Å². The first kappa shape index (κ1) is 17.7. The molecule has 1 saturated heterocycles. The van der Waals surface area contributed by atoms with E-state index in [-0.39, 0.29) is 6.10 Å². The number of β-amino-alcohol motifs (C(OH)–C–C–N with tert-alkyl or cyclic N) is 1. The molecule has 26 heavy (non-hydrogen) atoms. The van der Waals surface area contributed by atoms with Crippen molar-refractivity contribution in [2.45, 2.75) is 42.7 Å². The Hall–Kier alpha value is -1.69. The third-order valence-electron chi connectivity index (χ3n) is 5.74. The second-order valence-electron chi connectivity index (χ2n) is 7.61. The Morgan fingerprint density at radius 1 is 1.00 bits per heavy atom. The first-order valence-corrected chi connectivity index (χ1v) is 11.1. The summed E-state index contributed by atoms with van der Waals surface area (Å²) in [6.45, 7) is 1.82. The van der Waals surface area contributed by atoms with E-state index >= 15 is 0 Å². The van der Waals surface area contributed by atoms with Crippen LogP contribution in [-0.4, -0.2) is 49.9 Å². The highest BCUT2D eigenvalue weighted by Crippen LogP contribution is 2.31. The minimum Gasteiger partial charge on any atom is -0.392 e. The van der Waals surface area contributed by atoms with Gasteiger partial charge in [-0.3, -0.25) is 4.90 Å². The minimum atomic E-state index is -3.16. The van der Waals surface area contributed by atoms with Gasteiger partial charge in [-0.1, -0.05) is 30.3 Å². The molecule has 4 rings (SSSR count). The molecule has 0 spiro atoms. The number of likely N-dealkylation sites (tertiary alicyclic amines) is 1. The van der Waals surface area contributed by atoms with Gasteiger partial charge in [0.1, 0.15) is 0 Å². The van der Waals surface area contributed by atoms with Gasteiger partial charge in [0.2, 0.25) is 0 Å². The largest absolute Gasteiger partial charge is 0.392 e. The van der Waals surface area contributed by atoms with Crippen molar-refractivity contribution in [2.24, 2.45) is 0 Å². The molecule has 0 aromatic heterocycles. The predicted octanol–water partition coefficient (Wildman–Crippen LogP) is 2.68. The van der Waals surface area contributed by atoms with E-state index in [2.05, 4.69) is 23.1 Å². The van der Waals surface area contributed by atoms with Gasteiger partial charge < -0.3 is 5.11 Å². The Bertz CT molecular complexity index is 905. The molecule has 2 aromatic carbocycles. The number of aryl methyl sites for hydroxylation is 1. The number of benzene rings is 2. The van der Waals surface area contributed by atoms with E-state index in [1.165, 1.54) is 17.4 Å². The number of aliphatic hydroxyl groups excluding tert-OH is 1. The van der Waals surface area contributed by atoms with E-state index in [0.717, 1.165) is 49.9 Å². The molecule has 5 heteroatoms. The molecule has 138 valence electrons. The van der Waals surface area contributed by atoms with Gasteiger partial charge in [-0.2, -0.15) is 0 Å². The van der Waals surface area contributed by atoms with Gasteiger partial charge in [0, 0.05) is 25.4 Å². The minimum absolute atomic E-state index is 0.159. The quantitative estimate of drug-likeness (QED) is 0.901. The van der Waals surface area contributed by atoms with Gasteiger partial charge in [-0.15, -0.1) is 0 Å². The molecule has 2 aromatic rings. The highest BCUT2D eigenvalue weighted by atomic mass is 32.2. The van der Waals surface area contributed by atoms with Crippen LogP contribution in [0.5, 0.6) is 0 Å². The summed E-state index contributed by atoms with van der Waals surface area (Å²) in [5.74, 6) is 0. The van der Waals surface area contributed by atoms with Crippen molar-refractivity contribution in [3.63, 3.8) is 0 Å². The van der Waals surface area contributed by atoms with Crippen molar-refractivity contribution in [3.8, 4) is 11.1 Å². The van der Waals surface area contributed by atoms with Crippen LogP contribution >= 0.6 is 0 Å². The summed E-state index contributed by atoms with van der Waals surface area (Å²) in [4.78, 5) is 2.79. The molecular weight excluding hydrogens is 346 g/mol. The molecule has 1 aliphatic carbocycles. The van der Waals surface area contributed by atoms with Crippen molar-refractivity contribution >= 4 is 9.84 Å². The van der Waals surface area contributed by atoms with Gasteiger partial charge in [0.15, 0.2) is 9.84 Å². The topological polar surface area (TPSA) is 57.6 Å². The third kappa shape index (κ3) is 3.56. The monoisotopic (exact) mass is 371 g/mol. The molecule has 0 bridgehead atoms. The van der Waals surface area contributed by atoms with Crippen molar-refractivity contribution in [2.75, 3.05) is 19.3 Å². The fourth-order valence-corrected chi connectivity index (χ4v) is 4.85. The number of rotatable bonds is 3. The molecular formula is C21H25NO3S. The Kier molecular flexibility index (Phi) is 4.63. The lowest BCUT2D eigenvalue weighted by Crippen LogP contribution is -2.38. The highest BCUT2D eigenvalue weighted by molar-refractivity contribution is 7.90. The van der Waals surface area contributed by atoms with E-state index in [9.17, 15) is 13.5 Å². The Balaban J connectivity index is 1.53. The van der Waals surface area contributed by atoms with E-state index < -0.39 is 9.84 Å². The number of hydrogen-bond donors (Lipinski definition) is 1. The van der Waals surface area contributed by atoms with E-state index in [4.69, 9.17) is 0 Å². The van der Waals surface area contributed by atoms with Crippen LogP contribution in [0.2, 0.25) is 0 Å². The van der Waals surface area contributed by atoms with Crippen LogP contribution in [-0.2, 0) is 22.7 Å². The van der Waals surface area contributed by atoms with Crippen molar-refractivity contribution < 1.29 is 13.5 Å². The van der Waals surface area contributed by atoms with Crippen LogP contribution in [0, 0.1) is 0 Å². The average Bonchev–Trinajstić information content (AvgIpc) is 3.07. The zero-order chi connectivity index (χ0) is 18.3. The summed E-state index contributed by atoms with van der Waals surface area (Å²) in [7, 11) is -3.16. The Morgan fingerprint density at radius 3 is 2.38 bits per heavy atom. The van der Waals surface area contributed by atoms with Crippen LogP contribution in [0.15, 0.2) is 47.4 Å². The van der Waals surface area contributed by atoms with E-state index in [1.807, 2.05) is 12.1 Å². The van der Waals surface area contributed by atoms with Crippen LogP contribution in [0.1, 0.15) is 24.0 Å². The molecule has 1 aliphatic heterocycles. The molecule has 1 N–H and O–H groups in total.